The van der Waals surface area contributed by atoms with Crippen LogP contribution in [-0.4, -0.2) is 27.7 Å². The Morgan fingerprint density at radius 1 is 1.55 bits per heavy atom. The molecule has 0 saturated carbocycles. The standard InChI is InChI=1S/C7H11N3O/c1-6(11)5-10-7-8-3-2-4-9-7/h2-4,6,11H,5H2,1H3,(H,8,9,10). The second-order valence-electron chi connectivity index (χ2n) is 2.30. The van der Waals surface area contributed by atoms with Gasteiger partial charge in [0.2, 0.25) is 5.95 Å². The molecule has 1 unspecified atom stereocenters. The molecule has 0 aromatic carbocycles. The van der Waals surface area contributed by atoms with Crippen LogP contribution in [0.1, 0.15) is 6.92 Å². The van der Waals surface area contributed by atoms with Crippen LogP contribution in [0.4, 0.5) is 5.95 Å². The highest BCUT2D eigenvalue weighted by Gasteiger charge is 1.95. The molecule has 0 saturated heterocycles. The Morgan fingerprint density at radius 3 is 2.73 bits per heavy atom. The predicted molar refractivity (Wildman–Crippen MR) is 42.2 cm³/mol. The van der Waals surface area contributed by atoms with Crippen LogP contribution in [0, 0.1) is 0 Å². The van der Waals surface area contributed by atoms with Crippen LogP contribution in [0.3, 0.4) is 0 Å². The molecule has 0 radical (unpaired) electrons. The lowest BCUT2D eigenvalue weighted by molar-refractivity contribution is 0.208. The van der Waals surface area contributed by atoms with E-state index in [9.17, 15) is 0 Å². The highest BCUT2D eigenvalue weighted by Crippen LogP contribution is 1.93. The molecule has 0 aliphatic heterocycles. The van der Waals surface area contributed by atoms with E-state index >= 15 is 0 Å². The third-order valence-corrected chi connectivity index (χ3v) is 1.12. The minimum Gasteiger partial charge on any atom is -0.392 e. The maximum absolute atomic E-state index is 8.90. The second-order valence-corrected chi connectivity index (χ2v) is 2.30. The van der Waals surface area contributed by atoms with Crippen molar-refractivity contribution in [1.29, 1.82) is 0 Å². The number of rotatable bonds is 3. The molecule has 60 valence electrons. The fraction of sp³-hybridized carbons (Fsp3) is 0.429. The van der Waals surface area contributed by atoms with Crippen molar-refractivity contribution in [2.45, 2.75) is 13.0 Å². The minimum absolute atomic E-state index is 0.376. The third-order valence-electron chi connectivity index (χ3n) is 1.12. The van der Waals surface area contributed by atoms with Gasteiger partial charge in [-0.2, -0.15) is 0 Å². The zero-order chi connectivity index (χ0) is 8.10. The number of aliphatic hydroxyl groups excluding tert-OH is 1. The van der Waals surface area contributed by atoms with Gasteiger partial charge in [-0.3, -0.25) is 0 Å². The highest BCUT2D eigenvalue weighted by atomic mass is 16.3. The number of nitrogens with zero attached hydrogens (tertiary/aromatic N) is 2. The average molecular weight is 153 g/mol. The van der Waals surface area contributed by atoms with Crippen LogP contribution in [0.2, 0.25) is 0 Å². The van der Waals surface area contributed by atoms with Crippen molar-refractivity contribution >= 4 is 5.95 Å². The van der Waals surface area contributed by atoms with Crippen LogP contribution >= 0.6 is 0 Å². The summed E-state index contributed by atoms with van der Waals surface area (Å²) >= 11 is 0. The number of hydrogen-bond acceptors (Lipinski definition) is 4. The maximum atomic E-state index is 8.90. The zero-order valence-corrected chi connectivity index (χ0v) is 6.36. The van der Waals surface area contributed by atoms with E-state index in [1.54, 1.807) is 25.4 Å². The Balaban J connectivity index is 2.39. The van der Waals surface area contributed by atoms with Crippen molar-refractivity contribution in [3.63, 3.8) is 0 Å². The summed E-state index contributed by atoms with van der Waals surface area (Å²) in [4.78, 5) is 7.83. The average Bonchev–Trinajstić information content (AvgIpc) is 2.03. The molecular weight excluding hydrogens is 142 g/mol. The quantitative estimate of drug-likeness (QED) is 0.654. The summed E-state index contributed by atoms with van der Waals surface area (Å²) in [6, 6.07) is 1.74. The van der Waals surface area contributed by atoms with Crippen molar-refractivity contribution in [1.82, 2.24) is 9.97 Å². The molecule has 0 amide bonds. The van der Waals surface area contributed by atoms with Crippen molar-refractivity contribution in [3.05, 3.63) is 18.5 Å². The second kappa shape index (κ2) is 3.88. The van der Waals surface area contributed by atoms with Crippen LogP contribution < -0.4 is 5.32 Å². The molecule has 0 bridgehead atoms. The van der Waals surface area contributed by atoms with Gasteiger partial charge in [0.25, 0.3) is 0 Å². The predicted octanol–water partition coefficient (Wildman–Crippen LogP) is 0.269. The van der Waals surface area contributed by atoms with Gasteiger partial charge in [-0.25, -0.2) is 9.97 Å². The summed E-state index contributed by atoms with van der Waals surface area (Å²) in [5, 5.41) is 11.8. The highest BCUT2D eigenvalue weighted by molar-refractivity contribution is 5.21. The van der Waals surface area contributed by atoms with Gasteiger partial charge in [-0.05, 0) is 13.0 Å². The Labute approximate surface area is 65.3 Å². The maximum Gasteiger partial charge on any atom is 0.222 e. The Bertz CT molecular complexity index is 200. The first-order valence-electron chi connectivity index (χ1n) is 3.48. The topological polar surface area (TPSA) is 58.0 Å². The van der Waals surface area contributed by atoms with Gasteiger partial charge in [0, 0.05) is 18.9 Å². The molecule has 1 aromatic rings. The van der Waals surface area contributed by atoms with Crippen molar-refractivity contribution in [2.24, 2.45) is 0 Å². The largest absolute Gasteiger partial charge is 0.392 e. The number of nitrogens with one attached hydrogen (secondary N) is 1. The molecule has 11 heavy (non-hydrogen) atoms. The molecule has 0 spiro atoms. The van der Waals surface area contributed by atoms with E-state index < -0.39 is 0 Å². The summed E-state index contributed by atoms with van der Waals surface area (Å²) in [6.45, 7) is 2.18. The van der Waals surface area contributed by atoms with E-state index in [1.807, 2.05) is 0 Å². The molecule has 1 heterocycles. The zero-order valence-electron chi connectivity index (χ0n) is 6.36. The van der Waals surface area contributed by atoms with E-state index in [4.69, 9.17) is 5.11 Å². The van der Waals surface area contributed by atoms with E-state index in [0.29, 0.717) is 12.5 Å². The molecule has 0 aliphatic rings. The molecule has 4 nitrogen and oxygen atoms in total. The smallest absolute Gasteiger partial charge is 0.222 e. The van der Waals surface area contributed by atoms with Crippen molar-refractivity contribution < 1.29 is 5.11 Å². The van der Waals surface area contributed by atoms with Gasteiger partial charge in [-0.15, -0.1) is 0 Å². The Kier molecular flexibility index (Phi) is 2.80. The molecule has 1 rings (SSSR count). The number of hydrogen-bond donors (Lipinski definition) is 2. The van der Waals surface area contributed by atoms with E-state index in [0.717, 1.165) is 0 Å². The van der Waals surface area contributed by atoms with Gasteiger partial charge < -0.3 is 10.4 Å². The number of aliphatic hydroxyl groups is 1. The first-order valence-corrected chi connectivity index (χ1v) is 3.48. The summed E-state index contributed by atoms with van der Waals surface area (Å²) in [5.41, 5.74) is 0. The van der Waals surface area contributed by atoms with E-state index in [2.05, 4.69) is 15.3 Å². The summed E-state index contributed by atoms with van der Waals surface area (Å²) in [6.07, 6.45) is 2.92. The molecule has 2 N–H and O–H groups in total. The summed E-state index contributed by atoms with van der Waals surface area (Å²) < 4.78 is 0. The van der Waals surface area contributed by atoms with Crippen molar-refractivity contribution in [2.75, 3.05) is 11.9 Å². The summed E-state index contributed by atoms with van der Waals surface area (Å²) in [5.74, 6) is 0.549. The molecule has 0 aliphatic carbocycles. The van der Waals surface area contributed by atoms with Crippen LogP contribution in [0.25, 0.3) is 0 Å². The fourth-order valence-corrected chi connectivity index (χ4v) is 0.629. The molecule has 4 heteroatoms. The monoisotopic (exact) mass is 153 g/mol. The number of anilines is 1. The fourth-order valence-electron chi connectivity index (χ4n) is 0.629. The van der Waals surface area contributed by atoms with E-state index in [-0.39, 0.29) is 6.10 Å². The summed E-state index contributed by atoms with van der Waals surface area (Å²) in [7, 11) is 0. The van der Waals surface area contributed by atoms with Gasteiger partial charge in [0.05, 0.1) is 6.10 Å². The van der Waals surface area contributed by atoms with Crippen LogP contribution in [-0.2, 0) is 0 Å². The van der Waals surface area contributed by atoms with Crippen molar-refractivity contribution in [3.8, 4) is 0 Å². The van der Waals surface area contributed by atoms with E-state index in [1.165, 1.54) is 0 Å². The van der Waals surface area contributed by atoms with Gasteiger partial charge in [0.1, 0.15) is 0 Å². The van der Waals surface area contributed by atoms with Crippen LogP contribution in [0.5, 0.6) is 0 Å². The lowest BCUT2D eigenvalue weighted by atomic mass is 10.4. The lowest BCUT2D eigenvalue weighted by Crippen LogP contribution is -2.16. The molecular formula is C7H11N3O. The normalized spacial score (nSPS) is 12.5. The Hall–Kier alpha value is -1.16. The van der Waals surface area contributed by atoms with Gasteiger partial charge >= 0.3 is 0 Å². The Morgan fingerprint density at radius 2 is 2.18 bits per heavy atom. The van der Waals surface area contributed by atoms with Crippen LogP contribution in [0.15, 0.2) is 18.5 Å². The first-order chi connectivity index (χ1) is 5.29. The van der Waals surface area contributed by atoms with Gasteiger partial charge in [-0.1, -0.05) is 0 Å². The lowest BCUT2D eigenvalue weighted by Gasteiger charge is -2.04. The SMILES string of the molecule is CC(O)CNc1ncccn1. The van der Waals surface area contributed by atoms with Gasteiger partial charge in [0.15, 0.2) is 0 Å². The minimum atomic E-state index is -0.376. The molecule has 1 aromatic heterocycles. The molecule has 0 fully saturated rings. The molecule has 1 atom stereocenters. The first kappa shape index (κ1) is 7.94. The number of aromatic nitrogens is 2. The third kappa shape index (κ3) is 2.95.